The van der Waals surface area contributed by atoms with Gasteiger partial charge >= 0.3 is 39.5 Å². The zero-order valence-corrected chi connectivity index (χ0v) is 62.7. The van der Waals surface area contributed by atoms with Crippen LogP contribution < -0.4 is 0 Å². The number of carbonyl (C=O) groups is 4. The van der Waals surface area contributed by atoms with E-state index in [1.807, 2.05) is 0 Å². The van der Waals surface area contributed by atoms with E-state index in [0.29, 0.717) is 31.6 Å². The number of phosphoric ester groups is 2. The molecule has 552 valence electrons. The van der Waals surface area contributed by atoms with Gasteiger partial charge in [-0.25, -0.2) is 9.13 Å². The van der Waals surface area contributed by atoms with E-state index in [0.717, 1.165) is 120 Å². The Hall–Kier alpha value is -1.94. The van der Waals surface area contributed by atoms with Crippen LogP contribution in [0.1, 0.15) is 370 Å². The Morgan fingerprint density at radius 1 is 0.301 bits per heavy atom. The zero-order valence-electron chi connectivity index (χ0n) is 60.9. The molecule has 0 saturated heterocycles. The summed E-state index contributed by atoms with van der Waals surface area (Å²) in [7, 11) is -9.91. The molecule has 0 aliphatic carbocycles. The molecule has 0 amide bonds. The third-order valence-electron chi connectivity index (χ3n) is 17.4. The Kier molecular flexibility index (Phi) is 62.2. The van der Waals surface area contributed by atoms with Gasteiger partial charge in [-0.05, 0) is 49.4 Å². The largest absolute Gasteiger partial charge is 0.472 e. The fourth-order valence-corrected chi connectivity index (χ4v) is 12.7. The van der Waals surface area contributed by atoms with E-state index >= 15 is 0 Å². The van der Waals surface area contributed by atoms with Gasteiger partial charge in [0, 0.05) is 25.7 Å². The lowest BCUT2D eigenvalue weighted by Crippen LogP contribution is -2.30. The zero-order chi connectivity index (χ0) is 68.9. The van der Waals surface area contributed by atoms with Crippen molar-refractivity contribution in [2.75, 3.05) is 39.6 Å². The van der Waals surface area contributed by atoms with Crippen molar-refractivity contribution in [3.63, 3.8) is 0 Å². The summed E-state index contributed by atoms with van der Waals surface area (Å²) in [5, 5.41) is 10.6. The Balaban J connectivity index is 5.20. The Bertz CT molecular complexity index is 1840. The lowest BCUT2D eigenvalue weighted by Gasteiger charge is -2.21. The molecule has 0 aromatic heterocycles. The molecule has 0 bridgehead atoms. The first-order chi connectivity index (χ1) is 44.6. The lowest BCUT2D eigenvalue weighted by atomic mass is 10.00. The number of carbonyl (C=O) groups excluding carboxylic acids is 4. The number of hydrogen-bond acceptors (Lipinski definition) is 15. The van der Waals surface area contributed by atoms with E-state index in [2.05, 4.69) is 55.4 Å². The smallest absolute Gasteiger partial charge is 0.462 e. The number of esters is 4. The molecule has 0 aromatic carbocycles. The van der Waals surface area contributed by atoms with Crippen LogP contribution >= 0.6 is 15.6 Å². The minimum absolute atomic E-state index is 0.105. The van der Waals surface area contributed by atoms with Crippen molar-refractivity contribution in [3.8, 4) is 0 Å². The average Bonchev–Trinajstić information content (AvgIpc) is 1.67. The second-order valence-corrected chi connectivity index (χ2v) is 31.3. The number of ether oxygens (including phenoxy) is 4. The molecule has 0 spiro atoms. The summed E-state index contributed by atoms with van der Waals surface area (Å²) in [6.07, 6.45) is 47.4. The predicted octanol–water partition coefficient (Wildman–Crippen LogP) is 21.3. The van der Waals surface area contributed by atoms with Crippen LogP contribution in [0, 0.1) is 23.7 Å². The van der Waals surface area contributed by atoms with Crippen LogP contribution in [-0.4, -0.2) is 96.7 Å². The first kappa shape index (κ1) is 91.1. The van der Waals surface area contributed by atoms with Gasteiger partial charge in [0.1, 0.15) is 19.3 Å². The summed E-state index contributed by atoms with van der Waals surface area (Å²) in [5.41, 5.74) is 0. The minimum atomic E-state index is -4.96. The Labute approximate surface area is 568 Å². The molecule has 3 unspecified atom stereocenters. The molecule has 0 aliphatic rings. The predicted molar refractivity (Wildman–Crippen MR) is 377 cm³/mol. The SMILES string of the molecule is CCC(C)CCCCCCCCC(=O)OC[C@H](COP(=O)(O)OC[C@@H](O)COP(=O)(O)OC[C@@H](COC(=O)CCCCCCCCC(C)C)OC(=O)CCCCCCCCCCCCCCC(C)C)OC(=O)CCCCCCCCCCCCCCCCCCC(C)C. The van der Waals surface area contributed by atoms with Crippen LogP contribution in [0.4, 0.5) is 0 Å². The number of phosphoric acid groups is 2. The molecule has 0 heterocycles. The fraction of sp³-hybridized carbons (Fsp3) is 0.946. The first-order valence-corrected chi connectivity index (χ1v) is 41.2. The van der Waals surface area contributed by atoms with E-state index in [1.54, 1.807) is 0 Å². The average molecular weight is 1370 g/mol. The number of aliphatic hydroxyl groups excluding tert-OH is 1. The van der Waals surface area contributed by atoms with Crippen LogP contribution in [0.15, 0.2) is 0 Å². The lowest BCUT2D eigenvalue weighted by molar-refractivity contribution is -0.161. The molecule has 0 aromatic rings. The second kappa shape index (κ2) is 63.5. The topological polar surface area (TPSA) is 237 Å². The van der Waals surface area contributed by atoms with Crippen LogP contribution in [0.25, 0.3) is 0 Å². The molecule has 17 nitrogen and oxygen atoms in total. The molecule has 0 aliphatic heterocycles. The van der Waals surface area contributed by atoms with E-state index in [9.17, 15) is 43.2 Å². The fourth-order valence-electron chi connectivity index (χ4n) is 11.2. The van der Waals surface area contributed by atoms with Gasteiger partial charge in [-0.15, -0.1) is 0 Å². The van der Waals surface area contributed by atoms with Gasteiger partial charge in [0.25, 0.3) is 0 Å². The minimum Gasteiger partial charge on any atom is -0.462 e. The summed E-state index contributed by atoms with van der Waals surface area (Å²) in [4.78, 5) is 72.6. The highest BCUT2D eigenvalue weighted by molar-refractivity contribution is 7.47. The van der Waals surface area contributed by atoms with Gasteiger partial charge < -0.3 is 33.8 Å². The van der Waals surface area contributed by atoms with Crippen LogP contribution in [0.2, 0.25) is 0 Å². The number of rotatable bonds is 71. The first-order valence-electron chi connectivity index (χ1n) is 38.2. The van der Waals surface area contributed by atoms with Gasteiger partial charge in [0.05, 0.1) is 26.4 Å². The third kappa shape index (κ3) is 67.0. The highest BCUT2D eigenvalue weighted by atomic mass is 31.2. The van der Waals surface area contributed by atoms with E-state index < -0.39 is 97.5 Å². The van der Waals surface area contributed by atoms with E-state index in [1.165, 1.54) is 161 Å². The van der Waals surface area contributed by atoms with Crippen molar-refractivity contribution in [1.29, 1.82) is 0 Å². The summed E-state index contributed by atoms with van der Waals surface area (Å²) in [5.74, 6) is 0.869. The maximum Gasteiger partial charge on any atom is 0.472 e. The molecule has 6 atom stereocenters. The van der Waals surface area contributed by atoms with Crippen molar-refractivity contribution in [2.24, 2.45) is 23.7 Å². The van der Waals surface area contributed by atoms with Crippen molar-refractivity contribution in [2.45, 2.75) is 388 Å². The van der Waals surface area contributed by atoms with Gasteiger partial charge in [-0.2, -0.15) is 0 Å². The quantitative estimate of drug-likeness (QED) is 0.0222. The van der Waals surface area contributed by atoms with Crippen LogP contribution in [-0.2, 0) is 65.4 Å². The van der Waals surface area contributed by atoms with Gasteiger partial charge in [-0.1, -0.05) is 319 Å². The molecule has 93 heavy (non-hydrogen) atoms. The van der Waals surface area contributed by atoms with Crippen LogP contribution in [0.3, 0.4) is 0 Å². The molecule has 19 heteroatoms. The standard InChI is InChI=1S/C74H144O17P2/c1-9-67(8)53-45-37-31-33-39-47-55-72(77)85-61-70(91-73(78)56-48-40-28-24-20-15-13-11-10-12-14-18-22-26-34-42-50-64(2)3)63-89-93(82,83)87-59-68(75)58-86-92(80,81)88-62-69(60-84-71(76)54-46-38-32-30-36-44-52-66(6)7)90-74(79)57-49-41-29-25-21-17-16-19-23-27-35-43-51-65(4)5/h64-70,75H,9-63H2,1-8H3,(H,80,81)(H,82,83)/t67?,68-,69+,70+/m0/s1. The second-order valence-electron chi connectivity index (χ2n) is 28.4. The third-order valence-corrected chi connectivity index (χ3v) is 19.3. The van der Waals surface area contributed by atoms with E-state index in [4.69, 9.17) is 37.0 Å². The Morgan fingerprint density at radius 3 is 0.763 bits per heavy atom. The molecular weight excluding hydrogens is 1220 g/mol. The highest BCUT2D eigenvalue weighted by Crippen LogP contribution is 2.45. The summed E-state index contributed by atoms with van der Waals surface area (Å²) in [6, 6.07) is 0. The molecule has 0 saturated carbocycles. The maximum absolute atomic E-state index is 13.0. The van der Waals surface area contributed by atoms with Crippen molar-refractivity contribution >= 4 is 39.5 Å². The monoisotopic (exact) mass is 1370 g/mol. The summed E-state index contributed by atoms with van der Waals surface area (Å²) >= 11 is 0. The molecule has 0 radical (unpaired) electrons. The van der Waals surface area contributed by atoms with Gasteiger partial charge in [0.2, 0.25) is 0 Å². The van der Waals surface area contributed by atoms with Crippen molar-refractivity contribution in [1.82, 2.24) is 0 Å². The summed E-state index contributed by atoms with van der Waals surface area (Å²) in [6.45, 7) is 14.1. The number of aliphatic hydroxyl groups is 1. The molecule has 0 rings (SSSR count). The number of unbranched alkanes of at least 4 members (excludes halogenated alkanes) is 36. The molecule has 0 fully saturated rings. The van der Waals surface area contributed by atoms with Crippen molar-refractivity contribution < 1.29 is 80.2 Å². The van der Waals surface area contributed by atoms with Gasteiger partial charge in [0.15, 0.2) is 12.2 Å². The van der Waals surface area contributed by atoms with Crippen molar-refractivity contribution in [3.05, 3.63) is 0 Å². The maximum atomic E-state index is 13.0. The molecular formula is C74H144O17P2. The van der Waals surface area contributed by atoms with E-state index in [-0.39, 0.29) is 25.7 Å². The van der Waals surface area contributed by atoms with Gasteiger partial charge in [-0.3, -0.25) is 37.3 Å². The number of hydrogen-bond donors (Lipinski definition) is 3. The highest BCUT2D eigenvalue weighted by Gasteiger charge is 2.30. The summed E-state index contributed by atoms with van der Waals surface area (Å²) < 4.78 is 68.4. The van der Waals surface area contributed by atoms with Crippen LogP contribution in [0.5, 0.6) is 0 Å². The molecule has 3 N–H and O–H groups in total. The Morgan fingerprint density at radius 2 is 0.516 bits per heavy atom. The normalized spacial score (nSPS) is 14.5.